The second kappa shape index (κ2) is 6.14. The van der Waals surface area contributed by atoms with Gasteiger partial charge in [0.2, 0.25) is 5.91 Å². The van der Waals surface area contributed by atoms with E-state index in [0.29, 0.717) is 0 Å². The van der Waals surface area contributed by atoms with E-state index < -0.39 is 17.6 Å². The van der Waals surface area contributed by atoms with Gasteiger partial charge in [-0.2, -0.15) is 0 Å². The Kier molecular flexibility index (Phi) is 4.29. The van der Waals surface area contributed by atoms with Crippen molar-refractivity contribution < 1.29 is 18.8 Å². The van der Waals surface area contributed by atoms with Crippen LogP contribution in [0.3, 0.4) is 0 Å². The zero-order valence-corrected chi connectivity index (χ0v) is 10.6. The van der Waals surface area contributed by atoms with Crippen molar-refractivity contribution >= 4 is 17.7 Å². The quantitative estimate of drug-likeness (QED) is 0.684. The molecule has 7 heteroatoms. The molecule has 0 heterocycles. The Hall–Kier alpha value is -2.44. The van der Waals surface area contributed by atoms with Crippen LogP contribution < -0.4 is 16.2 Å². The minimum absolute atomic E-state index is 0.0247. The van der Waals surface area contributed by atoms with Gasteiger partial charge in [0.1, 0.15) is 5.82 Å². The van der Waals surface area contributed by atoms with Crippen LogP contribution in [-0.2, 0) is 9.59 Å². The van der Waals surface area contributed by atoms with E-state index in [2.05, 4.69) is 16.2 Å². The average molecular weight is 279 g/mol. The first-order valence-electron chi connectivity index (χ1n) is 6.19. The summed E-state index contributed by atoms with van der Waals surface area (Å²) < 4.78 is 13.3. The molecule has 106 valence electrons. The van der Waals surface area contributed by atoms with Gasteiger partial charge in [-0.05, 0) is 25.0 Å². The molecule has 0 unspecified atom stereocenters. The number of nitrogens with one attached hydrogen (secondary N) is 3. The van der Waals surface area contributed by atoms with E-state index in [0.717, 1.165) is 18.9 Å². The third-order valence-electron chi connectivity index (χ3n) is 2.80. The van der Waals surface area contributed by atoms with Crippen molar-refractivity contribution in [2.45, 2.75) is 12.8 Å². The monoisotopic (exact) mass is 279 g/mol. The third-order valence-corrected chi connectivity index (χ3v) is 2.80. The fraction of sp³-hybridized carbons (Fsp3) is 0.308. The molecule has 2 rings (SSSR count). The number of rotatable bonds is 4. The van der Waals surface area contributed by atoms with Crippen molar-refractivity contribution in [1.29, 1.82) is 0 Å². The molecule has 1 aliphatic rings. The fourth-order valence-electron chi connectivity index (χ4n) is 1.52. The standard InChI is InChI=1S/C13H14FN3O3/c14-10-4-2-1-3-9(10)13(20)15-7-11(18)16-17-12(19)8-5-6-8/h1-4,8H,5-7H2,(H,15,20)(H,16,18)(H,17,19). The topological polar surface area (TPSA) is 87.3 Å². The number of carbonyl (C=O) groups is 3. The molecule has 1 aromatic carbocycles. The fourth-order valence-corrected chi connectivity index (χ4v) is 1.52. The van der Waals surface area contributed by atoms with Gasteiger partial charge in [0, 0.05) is 5.92 Å². The van der Waals surface area contributed by atoms with Crippen molar-refractivity contribution in [3.05, 3.63) is 35.6 Å². The van der Waals surface area contributed by atoms with Crippen LogP contribution in [0.2, 0.25) is 0 Å². The van der Waals surface area contributed by atoms with Crippen molar-refractivity contribution in [3.8, 4) is 0 Å². The Bertz CT molecular complexity index is 543. The SMILES string of the molecule is O=C(CNC(=O)c1ccccc1F)NNC(=O)C1CC1. The second-order valence-corrected chi connectivity index (χ2v) is 4.47. The number of hydrogen-bond acceptors (Lipinski definition) is 3. The van der Waals surface area contributed by atoms with Crippen LogP contribution in [0.4, 0.5) is 4.39 Å². The number of hydrogen-bond donors (Lipinski definition) is 3. The van der Waals surface area contributed by atoms with Crippen molar-refractivity contribution in [1.82, 2.24) is 16.2 Å². The van der Waals surface area contributed by atoms with Crippen molar-refractivity contribution in [2.24, 2.45) is 5.92 Å². The van der Waals surface area contributed by atoms with E-state index in [9.17, 15) is 18.8 Å². The van der Waals surface area contributed by atoms with Gasteiger partial charge < -0.3 is 5.32 Å². The lowest BCUT2D eigenvalue weighted by Gasteiger charge is -2.08. The van der Waals surface area contributed by atoms with Crippen molar-refractivity contribution in [2.75, 3.05) is 6.54 Å². The summed E-state index contributed by atoms with van der Waals surface area (Å²) in [6.07, 6.45) is 1.65. The van der Waals surface area contributed by atoms with Crippen LogP contribution in [-0.4, -0.2) is 24.3 Å². The first-order chi connectivity index (χ1) is 9.58. The summed E-state index contributed by atoms with van der Waals surface area (Å²) in [4.78, 5) is 34.2. The molecular formula is C13H14FN3O3. The van der Waals surface area contributed by atoms with Crippen LogP contribution in [0.15, 0.2) is 24.3 Å². The molecule has 1 aliphatic carbocycles. The molecule has 1 saturated carbocycles. The molecule has 0 radical (unpaired) electrons. The Morgan fingerprint density at radius 1 is 1.15 bits per heavy atom. The maximum Gasteiger partial charge on any atom is 0.257 e. The smallest absolute Gasteiger partial charge is 0.257 e. The first-order valence-corrected chi connectivity index (χ1v) is 6.19. The molecule has 3 amide bonds. The minimum Gasteiger partial charge on any atom is -0.343 e. The summed E-state index contributed by atoms with van der Waals surface area (Å²) in [5.74, 6) is -2.19. The largest absolute Gasteiger partial charge is 0.343 e. The van der Waals surface area contributed by atoms with E-state index in [1.165, 1.54) is 18.2 Å². The zero-order valence-electron chi connectivity index (χ0n) is 10.6. The molecule has 20 heavy (non-hydrogen) atoms. The molecule has 0 saturated heterocycles. The molecule has 1 aromatic rings. The third kappa shape index (κ3) is 3.78. The molecular weight excluding hydrogens is 265 g/mol. The number of carbonyl (C=O) groups excluding carboxylic acids is 3. The van der Waals surface area contributed by atoms with Gasteiger partial charge in [-0.3, -0.25) is 25.2 Å². The number of halogens is 1. The average Bonchev–Trinajstić information content (AvgIpc) is 3.27. The zero-order chi connectivity index (χ0) is 14.5. The van der Waals surface area contributed by atoms with Gasteiger partial charge in [0.25, 0.3) is 11.8 Å². The van der Waals surface area contributed by atoms with Crippen molar-refractivity contribution in [3.63, 3.8) is 0 Å². The Morgan fingerprint density at radius 3 is 2.50 bits per heavy atom. The van der Waals surface area contributed by atoms with E-state index in [1.54, 1.807) is 0 Å². The summed E-state index contributed by atoms with van der Waals surface area (Å²) >= 11 is 0. The second-order valence-electron chi connectivity index (χ2n) is 4.47. The summed E-state index contributed by atoms with van der Waals surface area (Å²) in [6.45, 7) is -0.349. The van der Waals surface area contributed by atoms with Gasteiger partial charge in [0.15, 0.2) is 0 Å². The summed E-state index contributed by atoms with van der Waals surface area (Å²) in [7, 11) is 0. The lowest BCUT2D eigenvalue weighted by Crippen LogP contribution is -2.46. The first kappa shape index (κ1) is 14.0. The maximum atomic E-state index is 13.3. The van der Waals surface area contributed by atoms with Gasteiger partial charge in [-0.25, -0.2) is 4.39 Å². The predicted octanol–water partition coefficient (Wildman–Crippen LogP) is 0.113. The van der Waals surface area contributed by atoms with Crippen LogP contribution in [0.5, 0.6) is 0 Å². The lowest BCUT2D eigenvalue weighted by atomic mass is 10.2. The molecule has 0 aliphatic heterocycles. The van der Waals surface area contributed by atoms with Gasteiger partial charge in [-0.15, -0.1) is 0 Å². The van der Waals surface area contributed by atoms with Crippen LogP contribution in [0, 0.1) is 11.7 Å². The van der Waals surface area contributed by atoms with Gasteiger partial charge >= 0.3 is 0 Å². The molecule has 0 aromatic heterocycles. The lowest BCUT2D eigenvalue weighted by molar-refractivity contribution is -0.129. The molecule has 0 spiro atoms. The Balaban J connectivity index is 1.74. The predicted molar refractivity (Wildman–Crippen MR) is 67.7 cm³/mol. The summed E-state index contributed by atoms with van der Waals surface area (Å²) in [6, 6.07) is 5.46. The Morgan fingerprint density at radius 2 is 1.85 bits per heavy atom. The molecule has 1 fully saturated rings. The highest BCUT2D eigenvalue weighted by Gasteiger charge is 2.29. The van der Waals surface area contributed by atoms with E-state index in [1.807, 2.05) is 0 Å². The summed E-state index contributed by atoms with van der Waals surface area (Å²) in [5, 5.41) is 2.27. The van der Waals surface area contributed by atoms with Crippen LogP contribution >= 0.6 is 0 Å². The normalized spacial score (nSPS) is 13.4. The number of hydrazine groups is 1. The maximum absolute atomic E-state index is 13.3. The van der Waals surface area contributed by atoms with Crippen LogP contribution in [0.1, 0.15) is 23.2 Å². The van der Waals surface area contributed by atoms with E-state index in [-0.39, 0.29) is 23.9 Å². The van der Waals surface area contributed by atoms with Gasteiger partial charge in [0.05, 0.1) is 12.1 Å². The number of amides is 3. The highest BCUT2D eigenvalue weighted by atomic mass is 19.1. The van der Waals surface area contributed by atoms with Gasteiger partial charge in [-0.1, -0.05) is 12.1 Å². The molecule has 0 bridgehead atoms. The molecule has 6 nitrogen and oxygen atoms in total. The van der Waals surface area contributed by atoms with Crippen LogP contribution in [0.25, 0.3) is 0 Å². The highest BCUT2D eigenvalue weighted by Crippen LogP contribution is 2.28. The molecule has 3 N–H and O–H groups in total. The Labute approximate surface area is 114 Å². The molecule has 0 atom stereocenters. The van der Waals surface area contributed by atoms with E-state index in [4.69, 9.17) is 0 Å². The summed E-state index contributed by atoms with van der Waals surface area (Å²) in [5.41, 5.74) is 4.30. The number of benzene rings is 1. The highest BCUT2D eigenvalue weighted by molar-refractivity contribution is 5.96. The van der Waals surface area contributed by atoms with E-state index >= 15 is 0 Å². The minimum atomic E-state index is -0.688.